The van der Waals surface area contributed by atoms with E-state index in [0.717, 1.165) is 5.56 Å². The molecule has 1 aromatic rings. The van der Waals surface area contributed by atoms with Crippen LogP contribution in [0.15, 0.2) is 34.2 Å². The molecular formula is C12H11ClN2OS. The van der Waals surface area contributed by atoms with Gasteiger partial charge >= 0.3 is 0 Å². The van der Waals surface area contributed by atoms with Crippen LogP contribution in [0.25, 0.3) is 6.08 Å². The van der Waals surface area contributed by atoms with Crippen LogP contribution in [0.4, 0.5) is 0 Å². The molecule has 0 saturated carbocycles. The third-order valence-corrected chi connectivity index (χ3v) is 3.73. The number of amidine groups is 1. The van der Waals surface area contributed by atoms with Gasteiger partial charge in [0.2, 0.25) is 0 Å². The van der Waals surface area contributed by atoms with Gasteiger partial charge in [-0.2, -0.15) is 0 Å². The smallest absolute Gasteiger partial charge is 0.266 e. The Balaban J connectivity index is 2.33. The number of aliphatic imine (C=N–C) groups is 1. The van der Waals surface area contributed by atoms with E-state index in [1.54, 1.807) is 25.1 Å². The molecule has 0 radical (unpaired) electrons. The fourth-order valence-electron chi connectivity index (χ4n) is 1.50. The van der Waals surface area contributed by atoms with Gasteiger partial charge < -0.3 is 0 Å². The SMILES string of the molecule is CN=C1S/C(=C/c2cccc(Cl)c2)C(=O)N1C. The van der Waals surface area contributed by atoms with Crippen LogP contribution >= 0.6 is 23.4 Å². The maximum absolute atomic E-state index is 11.9. The highest BCUT2D eigenvalue weighted by atomic mass is 35.5. The van der Waals surface area contributed by atoms with Gasteiger partial charge in [-0.1, -0.05) is 23.7 Å². The average Bonchev–Trinajstić information content (AvgIpc) is 2.57. The molecule has 1 heterocycles. The fourth-order valence-corrected chi connectivity index (χ4v) is 2.62. The van der Waals surface area contributed by atoms with E-state index in [2.05, 4.69) is 4.99 Å². The Morgan fingerprint density at radius 1 is 1.47 bits per heavy atom. The lowest BCUT2D eigenvalue weighted by Crippen LogP contribution is -2.23. The van der Waals surface area contributed by atoms with E-state index in [9.17, 15) is 4.79 Å². The van der Waals surface area contributed by atoms with Gasteiger partial charge in [0.05, 0.1) is 4.91 Å². The van der Waals surface area contributed by atoms with Gasteiger partial charge in [0.25, 0.3) is 5.91 Å². The standard InChI is InChI=1S/C12H11ClN2OS/c1-14-12-15(2)11(16)10(17-12)7-8-4-3-5-9(13)6-8/h3-7H,1-2H3/b10-7+,14-12?. The minimum Gasteiger partial charge on any atom is -0.290 e. The summed E-state index contributed by atoms with van der Waals surface area (Å²) in [6, 6.07) is 7.40. The minimum absolute atomic E-state index is 0.0319. The van der Waals surface area contributed by atoms with E-state index in [4.69, 9.17) is 11.6 Å². The topological polar surface area (TPSA) is 32.7 Å². The minimum atomic E-state index is -0.0319. The summed E-state index contributed by atoms with van der Waals surface area (Å²) in [5.41, 5.74) is 0.916. The maximum Gasteiger partial charge on any atom is 0.266 e. The van der Waals surface area contributed by atoms with Gasteiger partial charge in [-0.25, -0.2) is 0 Å². The Labute approximate surface area is 109 Å². The number of carbonyl (C=O) groups excluding carboxylic acids is 1. The summed E-state index contributed by atoms with van der Waals surface area (Å²) in [6.07, 6.45) is 1.83. The number of halogens is 1. The summed E-state index contributed by atoms with van der Waals surface area (Å²) in [6.45, 7) is 0. The van der Waals surface area contributed by atoms with Crippen LogP contribution in [0.1, 0.15) is 5.56 Å². The van der Waals surface area contributed by atoms with E-state index in [1.165, 1.54) is 11.8 Å². The van der Waals surface area contributed by atoms with E-state index in [1.807, 2.05) is 24.3 Å². The molecule has 1 aromatic carbocycles. The normalized spacial score (nSPS) is 20.6. The number of hydrogen-bond donors (Lipinski definition) is 0. The van der Waals surface area contributed by atoms with Crippen LogP contribution in [0.2, 0.25) is 5.02 Å². The van der Waals surface area contributed by atoms with E-state index in [0.29, 0.717) is 15.1 Å². The first-order valence-corrected chi connectivity index (χ1v) is 6.21. The van der Waals surface area contributed by atoms with E-state index >= 15 is 0 Å². The van der Waals surface area contributed by atoms with Crippen molar-refractivity contribution in [1.82, 2.24) is 4.90 Å². The van der Waals surface area contributed by atoms with Crippen LogP contribution < -0.4 is 0 Å². The molecule has 1 aliphatic heterocycles. The Bertz CT molecular complexity index is 525. The third-order valence-electron chi connectivity index (χ3n) is 2.34. The largest absolute Gasteiger partial charge is 0.290 e. The second kappa shape index (κ2) is 4.94. The molecule has 1 fully saturated rings. The summed E-state index contributed by atoms with van der Waals surface area (Å²) in [5.74, 6) is -0.0319. The molecule has 17 heavy (non-hydrogen) atoms. The summed E-state index contributed by atoms with van der Waals surface area (Å²) in [5, 5.41) is 1.37. The first kappa shape index (κ1) is 12.2. The zero-order chi connectivity index (χ0) is 12.4. The van der Waals surface area contributed by atoms with Crippen LogP contribution in [-0.2, 0) is 4.79 Å². The van der Waals surface area contributed by atoms with Crippen molar-refractivity contribution in [1.29, 1.82) is 0 Å². The highest BCUT2D eigenvalue weighted by Gasteiger charge is 2.29. The van der Waals surface area contributed by atoms with Gasteiger partial charge in [-0.3, -0.25) is 14.7 Å². The average molecular weight is 267 g/mol. The maximum atomic E-state index is 11.9. The van der Waals surface area contributed by atoms with E-state index < -0.39 is 0 Å². The number of benzene rings is 1. The second-order valence-corrected chi connectivity index (χ2v) is 4.98. The lowest BCUT2D eigenvalue weighted by Gasteiger charge is -2.05. The molecule has 0 atom stereocenters. The first-order valence-electron chi connectivity index (χ1n) is 5.02. The number of likely N-dealkylation sites (N-methyl/N-ethyl adjacent to an activating group) is 1. The van der Waals surface area contributed by atoms with Crippen molar-refractivity contribution in [3.05, 3.63) is 39.8 Å². The molecule has 1 saturated heterocycles. The zero-order valence-electron chi connectivity index (χ0n) is 9.48. The molecule has 1 aliphatic rings. The molecule has 0 spiro atoms. The molecule has 0 bridgehead atoms. The van der Waals surface area contributed by atoms with Crippen molar-refractivity contribution in [2.45, 2.75) is 0 Å². The van der Waals surface area contributed by atoms with Crippen LogP contribution in [-0.4, -0.2) is 30.1 Å². The quantitative estimate of drug-likeness (QED) is 0.732. The van der Waals surface area contributed by atoms with Crippen LogP contribution in [0, 0.1) is 0 Å². The van der Waals surface area contributed by atoms with Gasteiger partial charge in [0.15, 0.2) is 5.17 Å². The van der Waals surface area contributed by atoms with Crippen LogP contribution in [0.3, 0.4) is 0 Å². The lowest BCUT2D eigenvalue weighted by molar-refractivity contribution is -0.121. The number of amides is 1. The molecule has 1 amide bonds. The summed E-state index contributed by atoms with van der Waals surface area (Å²) in [7, 11) is 3.39. The predicted octanol–water partition coefficient (Wildman–Crippen LogP) is 2.87. The number of nitrogens with zero attached hydrogens (tertiary/aromatic N) is 2. The molecule has 0 unspecified atom stereocenters. The molecular weight excluding hydrogens is 256 g/mol. The van der Waals surface area contributed by atoms with Crippen LogP contribution in [0.5, 0.6) is 0 Å². The Kier molecular flexibility index (Phi) is 3.54. The molecule has 88 valence electrons. The molecule has 0 N–H and O–H groups in total. The molecule has 2 rings (SSSR count). The van der Waals surface area contributed by atoms with Crippen molar-refractivity contribution >= 4 is 40.5 Å². The van der Waals surface area contributed by atoms with Crippen molar-refractivity contribution in [3.63, 3.8) is 0 Å². The van der Waals surface area contributed by atoms with Gasteiger partial charge in [0, 0.05) is 19.1 Å². The Morgan fingerprint density at radius 2 is 2.24 bits per heavy atom. The monoisotopic (exact) mass is 266 g/mol. The van der Waals surface area contributed by atoms with Gasteiger partial charge in [0.1, 0.15) is 0 Å². The predicted molar refractivity (Wildman–Crippen MR) is 73.1 cm³/mol. The second-order valence-electron chi connectivity index (χ2n) is 3.54. The van der Waals surface area contributed by atoms with Crippen molar-refractivity contribution in [3.8, 4) is 0 Å². The zero-order valence-corrected chi connectivity index (χ0v) is 11.0. The molecule has 0 aliphatic carbocycles. The number of hydrogen-bond acceptors (Lipinski definition) is 3. The fraction of sp³-hybridized carbons (Fsp3) is 0.167. The van der Waals surface area contributed by atoms with Gasteiger partial charge in [-0.05, 0) is 35.5 Å². The Morgan fingerprint density at radius 3 is 2.82 bits per heavy atom. The third kappa shape index (κ3) is 2.53. The van der Waals surface area contributed by atoms with Gasteiger partial charge in [-0.15, -0.1) is 0 Å². The highest BCUT2D eigenvalue weighted by Crippen LogP contribution is 2.31. The first-order chi connectivity index (χ1) is 8.11. The summed E-state index contributed by atoms with van der Waals surface area (Å²) in [4.78, 5) is 18.1. The highest BCUT2D eigenvalue weighted by molar-refractivity contribution is 8.18. The molecule has 0 aromatic heterocycles. The molecule has 5 heteroatoms. The summed E-state index contributed by atoms with van der Waals surface area (Å²) >= 11 is 7.27. The lowest BCUT2D eigenvalue weighted by atomic mass is 10.2. The Hall–Kier alpha value is -1.26. The van der Waals surface area contributed by atoms with E-state index in [-0.39, 0.29) is 5.91 Å². The van der Waals surface area contributed by atoms with Crippen molar-refractivity contribution in [2.24, 2.45) is 4.99 Å². The molecule has 3 nitrogen and oxygen atoms in total. The van der Waals surface area contributed by atoms with Crippen molar-refractivity contribution < 1.29 is 4.79 Å². The summed E-state index contributed by atoms with van der Waals surface area (Å²) < 4.78 is 0. The van der Waals surface area contributed by atoms with Crippen molar-refractivity contribution in [2.75, 3.05) is 14.1 Å². The number of rotatable bonds is 1. The number of carbonyl (C=O) groups is 1. The number of thioether (sulfide) groups is 1.